The number of Topliss-reactive ketones (excluding diaryl/α,β-unsaturated/α-hetero) is 1. The number of anilines is 1. The molecule has 4 rings (SSSR count). The van der Waals surface area contributed by atoms with E-state index in [1.165, 1.54) is 0 Å². The van der Waals surface area contributed by atoms with E-state index in [1.807, 2.05) is 76.2 Å². The van der Waals surface area contributed by atoms with Gasteiger partial charge < -0.3 is 31.9 Å². The number of aromatic nitrogens is 2. The molecule has 3 aromatic carbocycles. The summed E-state index contributed by atoms with van der Waals surface area (Å²) >= 11 is 0. The summed E-state index contributed by atoms with van der Waals surface area (Å²) in [5.74, 6) is 1.13. The largest absolute Gasteiger partial charge is 0.698 e. The van der Waals surface area contributed by atoms with Crippen molar-refractivity contribution in [2.45, 2.75) is 53.9 Å². The zero-order chi connectivity index (χ0) is 30.8. The minimum atomic E-state index is 0. The van der Waals surface area contributed by atoms with Crippen molar-refractivity contribution in [1.82, 2.24) is 9.97 Å². The van der Waals surface area contributed by atoms with Gasteiger partial charge in [0.2, 0.25) is 0 Å². The molecule has 242 valence electrons. The maximum absolute atomic E-state index is 11.1. The van der Waals surface area contributed by atoms with Crippen LogP contribution in [-0.4, -0.2) is 30.6 Å². The Morgan fingerprint density at radius 2 is 1.36 bits per heavy atom. The molecule has 0 aliphatic rings. The van der Waals surface area contributed by atoms with Crippen molar-refractivity contribution in [3.05, 3.63) is 95.7 Å². The molecule has 0 saturated carbocycles. The van der Waals surface area contributed by atoms with Crippen molar-refractivity contribution in [2.75, 3.05) is 19.5 Å². The Bertz CT molecular complexity index is 1210. The number of rotatable bonds is 5. The van der Waals surface area contributed by atoms with E-state index < -0.39 is 0 Å². The number of nitrogens with zero attached hydrogens (tertiary/aromatic N) is 2. The Labute approximate surface area is 335 Å². The molecule has 4 N–H and O–H groups in total. The van der Waals surface area contributed by atoms with Crippen molar-refractivity contribution in [3.8, 4) is 0 Å². The van der Waals surface area contributed by atoms with E-state index in [0.717, 1.165) is 35.4 Å². The number of ketones is 1. The normalized spacial score (nSPS) is 7.95. The first-order chi connectivity index (χ1) is 19.3. The predicted molar refractivity (Wildman–Crippen MR) is 169 cm³/mol. The standard InChI is InChI=1S/C10H12NO.C9H9N2.C6H7N2.C3H8O.C2H6.CO2.FH.3U.2H2/c1-2-9(12)7-8-5-3-4-6-10(8)11;1-2-9-10-7-5-3-4-6-8(7)11-9;7-5-3-1-2-4-6(5)8;1-3-4-2;1-2;2-1-3;;;;;;/h3-6,11H,2,7H2,1H3;3-6H,2H2,1H3;1-4,7H,8H2;3H2,1-2H3;1-2H3;;1H;;;;2*1H/q3*-1;;;;;;;;;/i;;;;;;;;;;1+1;. The van der Waals surface area contributed by atoms with Gasteiger partial charge in [-0.25, -0.2) is 0 Å². The second-order valence-electron chi connectivity index (χ2n) is 7.46. The van der Waals surface area contributed by atoms with Crippen molar-refractivity contribution in [2.24, 2.45) is 0 Å². The van der Waals surface area contributed by atoms with Gasteiger partial charge in [-0.1, -0.05) is 106 Å². The Morgan fingerprint density at radius 3 is 1.75 bits per heavy atom. The summed E-state index contributed by atoms with van der Waals surface area (Å²) in [4.78, 5) is 35.9. The number of hydrogen-bond acceptors (Lipinski definition) is 6. The van der Waals surface area contributed by atoms with E-state index in [4.69, 9.17) is 26.8 Å². The molecular formula is C31H47FN5O4U3-3. The number of benzene rings is 3. The van der Waals surface area contributed by atoms with E-state index in [9.17, 15) is 4.79 Å². The van der Waals surface area contributed by atoms with Crippen molar-refractivity contribution < 1.29 is 120 Å². The summed E-state index contributed by atoms with van der Waals surface area (Å²) in [7, 11) is 1.68. The van der Waals surface area contributed by atoms with Gasteiger partial charge in [0.1, 0.15) is 5.78 Å². The van der Waals surface area contributed by atoms with Crippen LogP contribution in [-0.2, 0) is 32.0 Å². The van der Waals surface area contributed by atoms with E-state index in [-0.39, 0.29) is 113 Å². The Balaban J connectivity index is -0.0000000663. The fraction of sp³-hybridized carbons (Fsp3) is 0.323. The third kappa shape index (κ3) is 27.0. The van der Waals surface area contributed by atoms with Gasteiger partial charge in [-0.3, -0.25) is 9.50 Å². The van der Waals surface area contributed by atoms with Crippen LogP contribution in [0.5, 0.6) is 0 Å². The van der Waals surface area contributed by atoms with Gasteiger partial charge in [0.15, 0.2) is 0 Å². The maximum atomic E-state index is 11.1. The molecule has 0 aliphatic heterocycles. The Kier molecular flexibility index (Phi) is 47.3. The number of methoxy groups -OCH3 is 1. The van der Waals surface area contributed by atoms with Gasteiger partial charge in [0.25, 0.3) is 0 Å². The van der Waals surface area contributed by atoms with E-state index >= 15 is 0 Å². The number of imidazole rings is 1. The molecule has 0 fully saturated rings. The molecule has 9 nitrogen and oxygen atoms in total. The molecule has 0 amide bonds. The van der Waals surface area contributed by atoms with Gasteiger partial charge in [0, 0.05) is 128 Å². The number of carbonyl (C=O) groups is 1. The number of nitrogen functional groups attached to an aromatic ring is 1. The topological polar surface area (TPSA) is 161 Å². The molecular weight excluding hydrogens is 1240 g/mol. The smallest absolute Gasteiger partial charge is 0.373 e. The third-order valence-corrected chi connectivity index (χ3v) is 4.75. The van der Waals surface area contributed by atoms with Gasteiger partial charge in [-0.15, -0.1) is 11.4 Å². The van der Waals surface area contributed by atoms with Crippen LogP contribution in [0.3, 0.4) is 0 Å². The van der Waals surface area contributed by atoms with Crippen LogP contribution in [0.15, 0.2) is 72.8 Å². The molecule has 0 spiro atoms. The Morgan fingerprint density at radius 1 is 0.909 bits per heavy atom. The zero-order valence-electron chi connectivity index (χ0n) is 26.3. The zero-order valence-corrected chi connectivity index (χ0v) is 38.8. The predicted octanol–water partition coefficient (Wildman–Crippen LogP) is 8.34. The van der Waals surface area contributed by atoms with Crippen LogP contribution in [0, 0.1) is 93.3 Å². The van der Waals surface area contributed by atoms with Crippen LogP contribution in [0.25, 0.3) is 22.5 Å². The third-order valence-electron chi connectivity index (χ3n) is 4.75. The first kappa shape index (κ1) is 55.1. The monoisotopic (exact) mass is 1290 g/mol. The van der Waals surface area contributed by atoms with Gasteiger partial charge in [-0.05, 0) is 30.4 Å². The summed E-state index contributed by atoms with van der Waals surface area (Å²) in [6.45, 7) is 10.7. The number of para-hydroxylation sites is 3. The Hall–Kier alpha value is -1.37. The molecule has 4 aromatic rings. The number of aryl methyl sites for hydroxylation is 1. The molecule has 13 heteroatoms. The molecule has 44 heavy (non-hydrogen) atoms. The number of hydrogen-bond donors (Lipinski definition) is 1. The number of carbonyl (C=O) groups excluding carboxylic acids is 3. The molecule has 0 aliphatic carbocycles. The minimum absolute atomic E-state index is 0. The van der Waals surface area contributed by atoms with Gasteiger partial charge in [-0.2, -0.15) is 9.59 Å². The summed E-state index contributed by atoms with van der Waals surface area (Å²) in [6.07, 6.45) is 2.11. The van der Waals surface area contributed by atoms with Crippen molar-refractivity contribution >= 4 is 40.0 Å². The van der Waals surface area contributed by atoms with Gasteiger partial charge >= 0.3 is 6.15 Å². The van der Waals surface area contributed by atoms with Crippen LogP contribution in [0.2, 0.25) is 0 Å². The maximum Gasteiger partial charge on any atom is 0.373 e. The fourth-order valence-corrected chi connectivity index (χ4v) is 2.62. The molecule has 1 aromatic heterocycles. The average Bonchev–Trinajstić information content (AvgIpc) is 3.42. The SMILES string of the molecule is CC.CCC(=O)Cc1ccccc1[NH-].CCOC.CCc1nc2ccccc2[n-]1.F.O=C=O.[2HH].[HH].[NH-]c1ccccc1N.[U].[U].[U]. The molecule has 0 radical (unpaired) electrons. The molecule has 0 saturated heterocycles. The first-order valence-corrected chi connectivity index (χ1v) is 13.0. The van der Waals surface area contributed by atoms with Crippen LogP contribution in [0.1, 0.15) is 55.3 Å². The number of ether oxygens (including phenoxy) is 1. The van der Waals surface area contributed by atoms with Crippen molar-refractivity contribution in [3.63, 3.8) is 0 Å². The molecule has 1 heterocycles. The van der Waals surface area contributed by atoms with Crippen LogP contribution in [0.4, 0.5) is 21.8 Å². The van der Waals surface area contributed by atoms with E-state index in [2.05, 4.69) is 21.6 Å². The second-order valence-corrected chi connectivity index (χ2v) is 7.46. The molecule has 0 unspecified atom stereocenters. The molecule has 0 atom stereocenters. The number of halogens is 1. The number of fused-ring (bicyclic) bond motifs is 1. The quantitative estimate of drug-likeness (QED) is 0.197. The molecule has 0 bridgehead atoms. The van der Waals surface area contributed by atoms with Crippen LogP contribution < -0.4 is 10.7 Å². The van der Waals surface area contributed by atoms with Gasteiger partial charge in [0.05, 0.1) is 0 Å². The first-order valence-electron chi connectivity index (χ1n) is 13.0. The fourth-order valence-electron chi connectivity index (χ4n) is 2.62. The minimum Gasteiger partial charge on any atom is -0.698 e. The van der Waals surface area contributed by atoms with E-state index in [0.29, 0.717) is 29.9 Å². The summed E-state index contributed by atoms with van der Waals surface area (Å²) in [5, 5.41) is 0. The number of nitrogens with two attached hydrogens (primary N) is 1. The summed E-state index contributed by atoms with van der Waals surface area (Å²) in [5.41, 5.74) is 24.1. The average molecular weight is 1290 g/mol. The van der Waals surface area contributed by atoms with Crippen LogP contribution >= 0.6 is 0 Å². The van der Waals surface area contributed by atoms with E-state index in [1.54, 1.807) is 31.4 Å². The second kappa shape index (κ2) is 37.8. The van der Waals surface area contributed by atoms with Crippen molar-refractivity contribution in [1.29, 1.82) is 0 Å². The summed E-state index contributed by atoms with van der Waals surface area (Å²) < 4.78 is 4.54. The summed E-state index contributed by atoms with van der Waals surface area (Å²) in [6, 6.07) is 22.1. The number of nitrogens with one attached hydrogen (secondary N) is 2.